The summed E-state index contributed by atoms with van der Waals surface area (Å²) in [6.07, 6.45) is 3.21. The van der Waals surface area contributed by atoms with Gasteiger partial charge in [-0.15, -0.1) is 0 Å². The van der Waals surface area contributed by atoms with Gasteiger partial charge < -0.3 is 21.1 Å². The Hall–Kier alpha value is -3.98. The second-order valence-corrected chi connectivity index (χ2v) is 10.7. The number of para-hydroxylation sites is 2. The molecule has 41 heavy (non-hydrogen) atoms. The van der Waals surface area contributed by atoms with Crippen LogP contribution in [0.2, 0.25) is 0 Å². The highest BCUT2D eigenvalue weighted by atomic mass is 16.5. The number of hydrogen-bond donors (Lipinski definition) is 3. The Morgan fingerprint density at radius 2 is 1.61 bits per heavy atom. The molecule has 4 N–H and O–H groups in total. The molecule has 3 aromatic rings. The molecule has 1 unspecified atom stereocenters. The van der Waals surface area contributed by atoms with Crippen LogP contribution in [0.4, 0.5) is 17.1 Å². The van der Waals surface area contributed by atoms with Crippen molar-refractivity contribution in [2.75, 3.05) is 62.8 Å². The first-order valence-corrected chi connectivity index (χ1v) is 14.1. The summed E-state index contributed by atoms with van der Waals surface area (Å²) >= 11 is 0. The van der Waals surface area contributed by atoms with Crippen molar-refractivity contribution in [2.24, 2.45) is 0 Å². The van der Waals surface area contributed by atoms with E-state index in [2.05, 4.69) is 46.4 Å². The molecule has 3 aromatic carbocycles. The van der Waals surface area contributed by atoms with Crippen LogP contribution in [0.15, 0.2) is 78.9 Å². The van der Waals surface area contributed by atoms with Gasteiger partial charge in [0.15, 0.2) is 0 Å². The van der Waals surface area contributed by atoms with E-state index in [9.17, 15) is 9.59 Å². The zero-order valence-corrected chi connectivity index (χ0v) is 24.2. The van der Waals surface area contributed by atoms with E-state index in [0.717, 1.165) is 56.2 Å². The van der Waals surface area contributed by atoms with Crippen LogP contribution in [0.25, 0.3) is 6.08 Å². The number of ether oxygens (including phenoxy) is 1. The smallest absolute Gasteiger partial charge is 0.248 e. The molecule has 4 rings (SSSR count). The van der Waals surface area contributed by atoms with Gasteiger partial charge in [0.2, 0.25) is 11.8 Å². The fraction of sp³-hybridized carbons (Fsp3) is 0.333. The number of anilines is 3. The van der Waals surface area contributed by atoms with Gasteiger partial charge in [-0.1, -0.05) is 62.4 Å². The Labute approximate surface area is 243 Å². The third-order valence-corrected chi connectivity index (χ3v) is 7.30. The lowest BCUT2D eigenvalue weighted by atomic mass is 10.0. The van der Waals surface area contributed by atoms with Gasteiger partial charge in [-0.25, -0.2) is 0 Å². The van der Waals surface area contributed by atoms with Gasteiger partial charge >= 0.3 is 0 Å². The van der Waals surface area contributed by atoms with Gasteiger partial charge in [-0.3, -0.25) is 19.4 Å². The lowest BCUT2D eigenvalue weighted by Gasteiger charge is -2.32. The quantitative estimate of drug-likeness (QED) is 0.228. The molecule has 8 heteroatoms. The SMILES string of the molecule is CC(C)c1ccc(NC(=O)C(c2ccc(C=CC(=O)Nc3ccccc3N)cc2)N(C)CCN2CCOCC2)cc1. The standard InChI is InChI=1S/C33H41N5O3/c1-24(2)26-13-15-28(16-14-26)35-33(40)32(37(3)18-19-38-20-22-41-23-21-38)27-11-8-25(9-12-27)10-17-31(39)36-30-7-5-4-6-29(30)34/h4-17,24,32H,18-23,34H2,1-3H3,(H,35,40)(H,36,39). The fourth-order valence-corrected chi connectivity index (χ4v) is 4.77. The molecule has 0 saturated carbocycles. The van der Waals surface area contributed by atoms with E-state index in [0.29, 0.717) is 17.3 Å². The molecule has 8 nitrogen and oxygen atoms in total. The first-order valence-electron chi connectivity index (χ1n) is 14.1. The van der Waals surface area contributed by atoms with Crippen molar-refractivity contribution in [3.8, 4) is 0 Å². The summed E-state index contributed by atoms with van der Waals surface area (Å²) in [5.74, 6) is 0.0689. The molecule has 1 fully saturated rings. The zero-order chi connectivity index (χ0) is 29.2. The zero-order valence-electron chi connectivity index (χ0n) is 24.2. The Balaban J connectivity index is 1.46. The second-order valence-electron chi connectivity index (χ2n) is 10.7. The van der Waals surface area contributed by atoms with Crippen LogP contribution in [-0.2, 0) is 14.3 Å². The molecule has 1 heterocycles. The Morgan fingerprint density at radius 3 is 2.27 bits per heavy atom. The van der Waals surface area contributed by atoms with Gasteiger partial charge in [-0.2, -0.15) is 0 Å². The topological polar surface area (TPSA) is 99.9 Å². The maximum atomic E-state index is 13.7. The summed E-state index contributed by atoms with van der Waals surface area (Å²) in [7, 11) is 1.99. The molecule has 0 aliphatic carbocycles. The number of nitrogen functional groups attached to an aromatic ring is 1. The second kappa shape index (κ2) is 14.6. The van der Waals surface area contributed by atoms with Crippen LogP contribution in [0.1, 0.15) is 42.5 Å². The Morgan fingerprint density at radius 1 is 0.951 bits per heavy atom. The number of rotatable bonds is 11. The van der Waals surface area contributed by atoms with Crippen molar-refractivity contribution in [3.63, 3.8) is 0 Å². The van der Waals surface area contributed by atoms with E-state index in [1.54, 1.807) is 18.2 Å². The molecule has 1 saturated heterocycles. The minimum absolute atomic E-state index is 0.0881. The Kier molecular flexibility index (Phi) is 10.7. The van der Waals surface area contributed by atoms with Crippen LogP contribution >= 0.6 is 0 Å². The third kappa shape index (κ3) is 8.75. The summed E-state index contributed by atoms with van der Waals surface area (Å²) in [5.41, 5.74) is 10.7. The number of nitrogens with zero attached hydrogens (tertiary/aromatic N) is 2. The first-order chi connectivity index (χ1) is 19.8. The number of likely N-dealkylation sites (N-methyl/N-ethyl adjacent to an activating group) is 1. The van der Waals surface area contributed by atoms with E-state index in [1.165, 1.54) is 11.6 Å². The van der Waals surface area contributed by atoms with Crippen LogP contribution in [0, 0.1) is 0 Å². The van der Waals surface area contributed by atoms with Gasteiger partial charge in [-0.05, 0) is 60.0 Å². The van der Waals surface area contributed by atoms with Gasteiger partial charge in [0.05, 0.1) is 24.6 Å². The fourth-order valence-electron chi connectivity index (χ4n) is 4.77. The molecule has 0 radical (unpaired) electrons. The first kappa shape index (κ1) is 30.0. The van der Waals surface area contributed by atoms with Crippen molar-refractivity contribution in [2.45, 2.75) is 25.8 Å². The summed E-state index contributed by atoms with van der Waals surface area (Å²) in [6, 6.07) is 22.4. The number of nitrogens with two attached hydrogens (primary N) is 1. The summed E-state index contributed by atoms with van der Waals surface area (Å²) < 4.78 is 5.48. The van der Waals surface area contributed by atoms with Crippen LogP contribution in [0.5, 0.6) is 0 Å². The summed E-state index contributed by atoms with van der Waals surface area (Å²) in [6.45, 7) is 9.17. The molecule has 216 valence electrons. The largest absolute Gasteiger partial charge is 0.397 e. The highest BCUT2D eigenvalue weighted by Gasteiger charge is 2.26. The number of benzene rings is 3. The molecule has 0 bridgehead atoms. The van der Waals surface area contributed by atoms with Gasteiger partial charge in [0.25, 0.3) is 0 Å². The summed E-state index contributed by atoms with van der Waals surface area (Å²) in [4.78, 5) is 30.5. The van der Waals surface area contributed by atoms with E-state index >= 15 is 0 Å². The average Bonchev–Trinajstić information content (AvgIpc) is 2.98. The van der Waals surface area contributed by atoms with Crippen molar-refractivity contribution < 1.29 is 14.3 Å². The lowest BCUT2D eigenvalue weighted by molar-refractivity contribution is -0.121. The Bertz CT molecular complexity index is 1320. The monoisotopic (exact) mass is 555 g/mol. The molecule has 1 aliphatic heterocycles. The average molecular weight is 556 g/mol. The lowest BCUT2D eigenvalue weighted by Crippen LogP contribution is -2.43. The molecule has 0 spiro atoms. The van der Waals surface area contributed by atoms with Crippen LogP contribution in [0.3, 0.4) is 0 Å². The normalized spacial score (nSPS) is 14.9. The summed E-state index contributed by atoms with van der Waals surface area (Å²) in [5, 5.41) is 5.91. The van der Waals surface area contributed by atoms with Crippen molar-refractivity contribution >= 4 is 35.0 Å². The van der Waals surface area contributed by atoms with Gasteiger partial charge in [0.1, 0.15) is 6.04 Å². The van der Waals surface area contributed by atoms with Crippen molar-refractivity contribution in [3.05, 3.63) is 95.6 Å². The number of amides is 2. The molecular formula is C33H41N5O3. The van der Waals surface area contributed by atoms with Crippen molar-refractivity contribution in [1.29, 1.82) is 0 Å². The third-order valence-electron chi connectivity index (χ3n) is 7.30. The predicted octanol–water partition coefficient (Wildman–Crippen LogP) is 4.99. The maximum Gasteiger partial charge on any atom is 0.248 e. The van der Waals surface area contributed by atoms with Crippen LogP contribution in [-0.4, -0.2) is 68.1 Å². The number of carbonyl (C=O) groups excluding carboxylic acids is 2. The highest BCUT2D eigenvalue weighted by molar-refractivity contribution is 6.03. The number of nitrogens with one attached hydrogen (secondary N) is 2. The number of carbonyl (C=O) groups is 2. The highest BCUT2D eigenvalue weighted by Crippen LogP contribution is 2.24. The minimum atomic E-state index is -0.483. The van der Waals surface area contributed by atoms with Crippen molar-refractivity contribution in [1.82, 2.24) is 9.80 Å². The molecular weight excluding hydrogens is 514 g/mol. The molecule has 1 atom stereocenters. The van der Waals surface area contributed by atoms with E-state index < -0.39 is 6.04 Å². The minimum Gasteiger partial charge on any atom is -0.397 e. The number of hydrogen-bond acceptors (Lipinski definition) is 6. The number of morpholine rings is 1. The van der Waals surface area contributed by atoms with E-state index in [4.69, 9.17) is 10.5 Å². The van der Waals surface area contributed by atoms with E-state index in [1.807, 2.05) is 55.6 Å². The molecule has 0 aromatic heterocycles. The molecule has 2 amide bonds. The predicted molar refractivity (Wildman–Crippen MR) is 167 cm³/mol. The maximum absolute atomic E-state index is 13.7. The molecule has 1 aliphatic rings. The van der Waals surface area contributed by atoms with E-state index in [-0.39, 0.29) is 11.8 Å². The van der Waals surface area contributed by atoms with Gasteiger partial charge in [0, 0.05) is 37.9 Å². The van der Waals surface area contributed by atoms with Crippen LogP contribution < -0.4 is 16.4 Å².